The first-order chi connectivity index (χ1) is 33.1. The lowest BCUT2D eigenvalue weighted by Gasteiger charge is -2.18. The number of rotatable bonds is 55. The van der Waals surface area contributed by atoms with Crippen molar-refractivity contribution >= 4 is 17.9 Å². The Kier molecular flexibility index (Phi) is 52.0. The molecule has 68 heavy (non-hydrogen) atoms. The van der Waals surface area contributed by atoms with E-state index in [1.54, 1.807) is 0 Å². The molecule has 0 aromatic heterocycles. The zero-order valence-electron chi connectivity index (χ0n) is 46.9. The van der Waals surface area contributed by atoms with Crippen molar-refractivity contribution < 1.29 is 28.6 Å². The standard InChI is InChI=1S/C62H120O6/c1-7-58(6)50-44-38-34-35-40-46-52-61(64)67-55-59(68-62(65)53-47-41-33-29-25-21-17-13-12-15-19-23-27-31-37-43-49-57(4)5)54-66-60(63)51-45-39-32-28-24-20-16-11-9-8-10-14-18-22-26-30-36-42-48-56(2)3/h56-59H,7-55H2,1-6H3/t58?,59-/m1/s1. The number of ether oxygens (including phenoxy) is 3. The van der Waals surface area contributed by atoms with Gasteiger partial charge in [0.1, 0.15) is 13.2 Å². The molecule has 0 aliphatic carbocycles. The molecule has 0 fully saturated rings. The van der Waals surface area contributed by atoms with Gasteiger partial charge in [-0.3, -0.25) is 14.4 Å². The Hall–Kier alpha value is -1.59. The molecule has 0 aromatic rings. The van der Waals surface area contributed by atoms with E-state index in [4.69, 9.17) is 14.2 Å². The highest BCUT2D eigenvalue weighted by molar-refractivity contribution is 5.71. The largest absolute Gasteiger partial charge is 0.462 e. The fourth-order valence-corrected chi connectivity index (χ4v) is 9.50. The summed E-state index contributed by atoms with van der Waals surface area (Å²) < 4.78 is 16.9. The van der Waals surface area contributed by atoms with Crippen LogP contribution >= 0.6 is 0 Å². The van der Waals surface area contributed by atoms with Crippen molar-refractivity contribution in [3.05, 3.63) is 0 Å². The second-order valence-electron chi connectivity index (χ2n) is 22.5. The third-order valence-corrected chi connectivity index (χ3v) is 14.5. The van der Waals surface area contributed by atoms with Crippen molar-refractivity contribution in [3.8, 4) is 0 Å². The van der Waals surface area contributed by atoms with Crippen LogP contribution in [0.5, 0.6) is 0 Å². The van der Waals surface area contributed by atoms with Crippen molar-refractivity contribution in [1.29, 1.82) is 0 Å². The van der Waals surface area contributed by atoms with E-state index in [1.807, 2.05) is 0 Å². The molecule has 6 nitrogen and oxygen atoms in total. The highest BCUT2D eigenvalue weighted by atomic mass is 16.6. The molecule has 6 heteroatoms. The molecule has 2 atom stereocenters. The third-order valence-electron chi connectivity index (χ3n) is 14.5. The molecule has 0 radical (unpaired) electrons. The molecule has 0 spiro atoms. The van der Waals surface area contributed by atoms with Crippen molar-refractivity contribution in [2.24, 2.45) is 17.8 Å². The van der Waals surface area contributed by atoms with Gasteiger partial charge < -0.3 is 14.2 Å². The van der Waals surface area contributed by atoms with Gasteiger partial charge in [0.05, 0.1) is 0 Å². The van der Waals surface area contributed by atoms with Crippen LogP contribution in [0.1, 0.15) is 343 Å². The molecule has 404 valence electrons. The number of esters is 3. The molecule has 0 saturated heterocycles. The van der Waals surface area contributed by atoms with Crippen LogP contribution in [0.15, 0.2) is 0 Å². The Labute approximate surface area is 425 Å². The van der Waals surface area contributed by atoms with Crippen molar-refractivity contribution in [1.82, 2.24) is 0 Å². The quantitative estimate of drug-likeness (QED) is 0.0343. The number of unbranched alkanes of at least 4 members (excludes halogenated alkanes) is 37. The second-order valence-corrected chi connectivity index (χ2v) is 22.5. The minimum absolute atomic E-state index is 0.0637. The fourth-order valence-electron chi connectivity index (χ4n) is 9.50. The monoisotopic (exact) mass is 961 g/mol. The molecule has 1 unspecified atom stereocenters. The fraction of sp³-hybridized carbons (Fsp3) is 0.952. The van der Waals surface area contributed by atoms with E-state index in [0.29, 0.717) is 19.3 Å². The average molecular weight is 962 g/mol. The summed E-state index contributed by atoms with van der Waals surface area (Å²) in [5.41, 5.74) is 0. The molecule has 0 saturated carbocycles. The lowest BCUT2D eigenvalue weighted by atomic mass is 10.00. The van der Waals surface area contributed by atoms with Gasteiger partial charge in [-0.1, -0.05) is 305 Å². The van der Waals surface area contributed by atoms with E-state index < -0.39 is 6.10 Å². The number of carbonyl (C=O) groups excluding carboxylic acids is 3. The molecule has 0 bridgehead atoms. The Morgan fingerprint density at radius 2 is 0.515 bits per heavy atom. The highest BCUT2D eigenvalue weighted by Crippen LogP contribution is 2.19. The first-order valence-corrected chi connectivity index (χ1v) is 30.6. The van der Waals surface area contributed by atoms with Gasteiger partial charge >= 0.3 is 17.9 Å². The summed E-state index contributed by atoms with van der Waals surface area (Å²) in [6.45, 7) is 13.8. The number of hydrogen-bond donors (Lipinski definition) is 0. The molecule has 0 N–H and O–H groups in total. The predicted octanol–water partition coefficient (Wildman–Crippen LogP) is 20.3. The van der Waals surface area contributed by atoms with Gasteiger partial charge in [-0.25, -0.2) is 0 Å². The lowest BCUT2D eigenvalue weighted by molar-refractivity contribution is -0.167. The maximum absolute atomic E-state index is 12.9. The van der Waals surface area contributed by atoms with Crippen LogP contribution in [0.3, 0.4) is 0 Å². The number of hydrogen-bond acceptors (Lipinski definition) is 6. The summed E-state index contributed by atoms with van der Waals surface area (Å²) in [5, 5.41) is 0. The van der Waals surface area contributed by atoms with Crippen molar-refractivity contribution in [2.75, 3.05) is 13.2 Å². The first kappa shape index (κ1) is 66.4. The van der Waals surface area contributed by atoms with E-state index in [2.05, 4.69) is 41.5 Å². The van der Waals surface area contributed by atoms with E-state index in [9.17, 15) is 14.4 Å². The Balaban J connectivity index is 4.21. The van der Waals surface area contributed by atoms with Crippen LogP contribution < -0.4 is 0 Å². The van der Waals surface area contributed by atoms with Crippen LogP contribution in [0.4, 0.5) is 0 Å². The smallest absolute Gasteiger partial charge is 0.306 e. The lowest BCUT2D eigenvalue weighted by Crippen LogP contribution is -2.30. The number of carbonyl (C=O) groups is 3. The Morgan fingerprint density at radius 3 is 0.765 bits per heavy atom. The second kappa shape index (κ2) is 53.2. The van der Waals surface area contributed by atoms with Gasteiger partial charge in [0.2, 0.25) is 0 Å². The molecule has 0 heterocycles. The first-order valence-electron chi connectivity index (χ1n) is 30.6. The summed E-state index contributed by atoms with van der Waals surface area (Å²) in [5.74, 6) is 1.68. The molecular formula is C62H120O6. The summed E-state index contributed by atoms with van der Waals surface area (Å²) in [4.78, 5) is 38.2. The Bertz CT molecular complexity index is 1060. The minimum atomic E-state index is -0.764. The van der Waals surface area contributed by atoms with Crippen LogP contribution in [0, 0.1) is 17.8 Å². The average Bonchev–Trinajstić information content (AvgIpc) is 3.31. The van der Waals surface area contributed by atoms with Crippen LogP contribution in [-0.2, 0) is 28.6 Å². The maximum atomic E-state index is 12.9. The molecule has 0 aliphatic heterocycles. The third kappa shape index (κ3) is 53.8. The Morgan fingerprint density at radius 1 is 0.294 bits per heavy atom. The molecule has 0 aromatic carbocycles. The molecule has 0 amide bonds. The normalized spacial score (nSPS) is 12.5. The van der Waals surface area contributed by atoms with Crippen LogP contribution in [-0.4, -0.2) is 37.2 Å². The molecule has 0 rings (SSSR count). The van der Waals surface area contributed by atoms with E-state index in [-0.39, 0.29) is 31.1 Å². The summed E-state index contributed by atoms with van der Waals surface area (Å²) in [6.07, 6.45) is 56.8. The van der Waals surface area contributed by atoms with E-state index >= 15 is 0 Å². The van der Waals surface area contributed by atoms with Gasteiger partial charge in [0, 0.05) is 19.3 Å². The van der Waals surface area contributed by atoms with Gasteiger partial charge in [0.15, 0.2) is 6.10 Å². The summed E-state index contributed by atoms with van der Waals surface area (Å²) in [7, 11) is 0. The minimum Gasteiger partial charge on any atom is -0.462 e. The van der Waals surface area contributed by atoms with Gasteiger partial charge in [0.25, 0.3) is 0 Å². The van der Waals surface area contributed by atoms with Crippen LogP contribution in [0.25, 0.3) is 0 Å². The SMILES string of the molecule is CCC(C)CCCCCCCCC(=O)OC[C@@H](COC(=O)CCCCCCCCCCCCCCCCCCCCC(C)C)OC(=O)CCCCCCCCCCCCCCCCCCC(C)C. The zero-order chi connectivity index (χ0) is 49.8. The van der Waals surface area contributed by atoms with Gasteiger partial charge in [-0.15, -0.1) is 0 Å². The van der Waals surface area contributed by atoms with E-state index in [0.717, 1.165) is 75.5 Å². The van der Waals surface area contributed by atoms with E-state index in [1.165, 1.54) is 225 Å². The van der Waals surface area contributed by atoms with Crippen molar-refractivity contribution in [2.45, 2.75) is 349 Å². The summed E-state index contributed by atoms with van der Waals surface area (Å²) >= 11 is 0. The van der Waals surface area contributed by atoms with Crippen molar-refractivity contribution in [3.63, 3.8) is 0 Å². The zero-order valence-corrected chi connectivity index (χ0v) is 46.9. The predicted molar refractivity (Wildman–Crippen MR) is 293 cm³/mol. The summed E-state index contributed by atoms with van der Waals surface area (Å²) in [6, 6.07) is 0. The topological polar surface area (TPSA) is 78.9 Å². The van der Waals surface area contributed by atoms with Gasteiger partial charge in [-0.05, 0) is 37.0 Å². The molecule has 0 aliphatic rings. The maximum Gasteiger partial charge on any atom is 0.306 e. The highest BCUT2D eigenvalue weighted by Gasteiger charge is 2.19. The molecular weight excluding hydrogens is 841 g/mol. The van der Waals surface area contributed by atoms with Gasteiger partial charge in [-0.2, -0.15) is 0 Å². The van der Waals surface area contributed by atoms with Crippen LogP contribution in [0.2, 0.25) is 0 Å².